The third-order valence-corrected chi connectivity index (χ3v) is 3.13. The molecule has 1 aromatic heterocycles. The van der Waals surface area contributed by atoms with Crippen LogP contribution in [0.15, 0.2) is 24.4 Å². The molecule has 0 aliphatic rings. The van der Waals surface area contributed by atoms with Crippen molar-refractivity contribution < 1.29 is 14.3 Å². The van der Waals surface area contributed by atoms with E-state index in [0.717, 1.165) is 16.9 Å². The van der Waals surface area contributed by atoms with Gasteiger partial charge in [-0.3, -0.25) is 4.68 Å². The van der Waals surface area contributed by atoms with Crippen molar-refractivity contribution in [3.8, 4) is 5.75 Å². The molecule has 0 amide bonds. The monoisotopic (exact) mass is 288 g/mol. The summed E-state index contributed by atoms with van der Waals surface area (Å²) in [7, 11) is 1.78. The second-order valence-corrected chi connectivity index (χ2v) is 4.96. The molecule has 0 fully saturated rings. The van der Waals surface area contributed by atoms with Crippen molar-refractivity contribution in [2.75, 3.05) is 6.61 Å². The SMILES string of the molecule is CCOC(=O)c1cnn(C)c1COc1cc(C)cc(C)c1. The summed E-state index contributed by atoms with van der Waals surface area (Å²) >= 11 is 0. The van der Waals surface area contributed by atoms with Gasteiger partial charge in [0.05, 0.1) is 18.5 Å². The number of hydrogen-bond donors (Lipinski definition) is 0. The quantitative estimate of drug-likeness (QED) is 0.794. The number of hydrogen-bond acceptors (Lipinski definition) is 4. The lowest BCUT2D eigenvalue weighted by Crippen LogP contribution is -2.11. The highest BCUT2D eigenvalue weighted by Crippen LogP contribution is 2.19. The number of rotatable bonds is 5. The zero-order valence-corrected chi connectivity index (χ0v) is 12.8. The average molecular weight is 288 g/mol. The Morgan fingerprint density at radius 1 is 1.24 bits per heavy atom. The zero-order chi connectivity index (χ0) is 15.4. The molecule has 0 saturated heterocycles. The summed E-state index contributed by atoms with van der Waals surface area (Å²) in [6.07, 6.45) is 1.51. The van der Waals surface area contributed by atoms with E-state index in [2.05, 4.69) is 11.2 Å². The van der Waals surface area contributed by atoms with Gasteiger partial charge in [0.15, 0.2) is 0 Å². The molecule has 1 heterocycles. The van der Waals surface area contributed by atoms with Crippen LogP contribution in [0.4, 0.5) is 0 Å². The van der Waals surface area contributed by atoms with Crippen LogP contribution >= 0.6 is 0 Å². The van der Waals surface area contributed by atoms with Gasteiger partial charge in [-0.1, -0.05) is 6.07 Å². The summed E-state index contributed by atoms with van der Waals surface area (Å²) in [5.41, 5.74) is 3.43. The fourth-order valence-corrected chi connectivity index (χ4v) is 2.18. The van der Waals surface area contributed by atoms with Gasteiger partial charge in [-0.2, -0.15) is 5.10 Å². The molecular weight excluding hydrogens is 268 g/mol. The summed E-state index contributed by atoms with van der Waals surface area (Å²) in [4.78, 5) is 11.9. The molecule has 2 rings (SSSR count). The van der Waals surface area contributed by atoms with Gasteiger partial charge >= 0.3 is 5.97 Å². The van der Waals surface area contributed by atoms with E-state index in [1.165, 1.54) is 6.20 Å². The number of aryl methyl sites for hydroxylation is 3. The van der Waals surface area contributed by atoms with Crippen LogP contribution in [0.25, 0.3) is 0 Å². The molecule has 0 saturated carbocycles. The molecule has 0 aliphatic carbocycles. The Bertz CT molecular complexity index is 627. The third kappa shape index (κ3) is 3.62. The highest BCUT2D eigenvalue weighted by molar-refractivity contribution is 5.90. The maximum Gasteiger partial charge on any atom is 0.341 e. The van der Waals surface area contributed by atoms with E-state index in [-0.39, 0.29) is 12.6 Å². The fraction of sp³-hybridized carbons (Fsp3) is 0.375. The van der Waals surface area contributed by atoms with Crippen LogP contribution in [0.3, 0.4) is 0 Å². The van der Waals surface area contributed by atoms with Gasteiger partial charge in [0.1, 0.15) is 17.9 Å². The lowest BCUT2D eigenvalue weighted by Gasteiger charge is -2.10. The van der Waals surface area contributed by atoms with E-state index >= 15 is 0 Å². The smallest absolute Gasteiger partial charge is 0.341 e. The number of nitrogens with zero attached hydrogens (tertiary/aromatic N) is 2. The molecule has 21 heavy (non-hydrogen) atoms. The molecule has 5 nitrogen and oxygen atoms in total. The Morgan fingerprint density at radius 2 is 1.90 bits per heavy atom. The first-order valence-electron chi connectivity index (χ1n) is 6.90. The molecule has 1 aromatic carbocycles. The number of esters is 1. The van der Waals surface area contributed by atoms with Crippen molar-refractivity contribution in [2.24, 2.45) is 7.05 Å². The van der Waals surface area contributed by atoms with Crippen LogP contribution in [-0.4, -0.2) is 22.4 Å². The van der Waals surface area contributed by atoms with Gasteiger partial charge in [-0.05, 0) is 44.0 Å². The third-order valence-electron chi connectivity index (χ3n) is 3.13. The van der Waals surface area contributed by atoms with Gasteiger partial charge in [-0.25, -0.2) is 4.79 Å². The first kappa shape index (κ1) is 15.1. The summed E-state index contributed by atoms with van der Waals surface area (Å²) in [5, 5.41) is 4.10. The minimum absolute atomic E-state index is 0.271. The molecule has 0 atom stereocenters. The number of ether oxygens (including phenoxy) is 2. The standard InChI is InChI=1S/C16H20N2O3/c1-5-20-16(19)14-9-17-18(4)15(14)10-21-13-7-11(2)6-12(3)8-13/h6-9H,5,10H2,1-4H3. The molecule has 112 valence electrons. The molecule has 0 spiro atoms. The first-order chi connectivity index (χ1) is 10.0. The maximum atomic E-state index is 11.9. The zero-order valence-electron chi connectivity index (χ0n) is 12.8. The average Bonchev–Trinajstić information content (AvgIpc) is 2.77. The Balaban J connectivity index is 2.16. The molecule has 0 unspecified atom stereocenters. The van der Waals surface area contributed by atoms with Crippen molar-refractivity contribution in [1.82, 2.24) is 9.78 Å². The van der Waals surface area contributed by atoms with E-state index in [9.17, 15) is 4.79 Å². The van der Waals surface area contributed by atoms with Gasteiger partial charge in [0.25, 0.3) is 0 Å². The Labute approximate surface area is 124 Å². The lowest BCUT2D eigenvalue weighted by atomic mass is 10.1. The largest absolute Gasteiger partial charge is 0.487 e. The van der Waals surface area contributed by atoms with E-state index < -0.39 is 0 Å². The van der Waals surface area contributed by atoms with E-state index in [0.29, 0.717) is 17.9 Å². The van der Waals surface area contributed by atoms with Gasteiger partial charge < -0.3 is 9.47 Å². The van der Waals surface area contributed by atoms with Crippen LogP contribution in [0.1, 0.15) is 34.1 Å². The molecule has 0 aliphatic heterocycles. The van der Waals surface area contributed by atoms with Crippen molar-refractivity contribution in [1.29, 1.82) is 0 Å². The van der Waals surface area contributed by atoms with Gasteiger partial charge in [0.2, 0.25) is 0 Å². The van der Waals surface area contributed by atoms with Crippen molar-refractivity contribution >= 4 is 5.97 Å². The number of carbonyl (C=O) groups is 1. The maximum absolute atomic E-state index is 11.9. The Hall–Kier alpha value is -2.30. The van der Waals surface area contributed by atoms with Crippen LogP contribution < -0.4 is 4.74 Å². The topological polar surface area (TPSA) is 53.3 Å². The summed E-state index contributed by atoms with van der Waals surface area (Å²) < 4.78 is 12.5. The summed E-state index contributed by atoms with van der Waals surface area (Å²) in [6, 6.07) is 6.02. The molecular formula is C16H20N2O3. The normalized spacial score (nSPS) is 10.5. The Kier molecular flexibility index (Phi) is 4.62. The van der Waals surface area contributed by atoms with E-state index in [1.54, 1.807) is 18.7 Å². The Morgan fingerprint density at radius 3 is 2.52 bits per heavy atom. The highest BCUT2D eigenvalue weighted by atomic mass is 16.5. The highest BCUT2D eigenvalue weighted by Gasteiger charge is 2.17. The molecule has 5 heteroatoms. The van der Waals surface area contributed by atoms with Gasteiger partial charge in [0, 0.05) is 7.05 Å². The minimum Gasteiger partial charge on any atom is -0.487 e. The number of benzene rings is 1. The molecule has 2 aromatic rings. The fourth-order valence-electron chi connectivity index (χ4n) is 2.18. The van der Waals surface area contributed by atoms with Crippen molar-refractivity contribution in [3.05, 3.63) is 46.8 Å². The lowest BCUT2D eigenvalue weighted by molar-refractivity contribution is 0.0523. The van der Waals surface area contributed by atoms with Crippen LogP contribution in [-0.2, 0) is 18.4 Å². The van der Waals surface area contributed by atoms with Crippen molar-refractivity contribution in [3.63, 3.8) is 0 Å². The number of aromatic nitrogens is 2. The second-order valence-electron chi connectivity index (χ2n) is 4.96. The summed E-state index contributed by atoms with van der Waals surface area (Å²) in [6.45, 7) is 6.43. The van der Waals surface area contributed by atoms with Gasteiger partial charge in [-0.15, -0.1) is 0 Å². The van der Waals surface area contributed by atoms with E-state index in [1.807, 2.05) is 26.0 Å². The second kappa shape index (κ2) is 6.43. The molecule has 0 radical (unpaired) electrons. The first-order valence-corrected chi connectivity index (χ1v) is 6.90. The number of carbonyl (C=O) groups excluding carboxylic acids is 1. The predicted molar refractivity (Wildman–Crippen MR) is 79.4 cm³/mol. The molecule has 0 N–H and O–H groups in total. The molecule has 0 bridgehead atoms. The van der Waals surface area contributed by atoms with E-state index in [4.69, 9.17) is 9.47 Å². The predicted octanol–water partition coefficient (Wildman–Crippen LogP) is 2.79. The van der Waals surface area contributed by atoms with Crippen LogP contribution in [0.5, 0.6) is 5.75 Å². The van der Waals surface area contributed by atoms with Crippen molar-refractivity contribution in [2.45, 2.75) is 27.4 Å². The van der Waals surface area contributed by atoms with Crippen LogP contribution in [0, 0.1) is 13.8 Å². The minimum atomic E-state index is -0.371. The van der Waals surface area contributed by atoms with Crippen LogP contribution in [0.2, 0.25) is 0 Å². The summed E-state index contributed by atoms with van der Waals surface area (Å²) in [5.74, 6) is 0.410.